The van der Waals surface area contributed by atoms with E-state index in [4.69, 9.17) is 5.26 Å². The highest BCUT2D eigenvalue weighted by atomic mass is 16.2. The average molecular weight is 270 g/mol. The zero-order valence-electron chi connectivity index (χ0n) is 11.4. The van der Waals surface area contributed by atoms with Crippen LogP contribution in [0.25, 0.3) is 0 Å². The Labute approximate surface area is 118 Å². The fraction of sp³-hybridized carbons (Fsp3) is 0.467. The molecule has 2 N–H and O–H groups in total. The quantitative estimate of drug-likeness (QED) is 0.817. The van der Waals surface area contributed by atoms with Crippen molar-refractivity contribution in [1.82, 2.24) is 10.2 Å². The van der Waals surface area contributed by atoms with Gasteiger partial charge in [-0.05, 0) is 37.6 Å². The first-order valence-corrected chi connectivity index (χ1v) is 6.98. The second kappa shape index (κ2) is 5.14. The second-order valence-electron chi connectivity index (χ2n) is 5.72. The Kier molecular flexibility index (Phi) is 3.33. The van der Waals surface area contributed by atoms with Gasteiger partial charge in [0, 0.05) is 30.7 Å². The highest BCUT2D eigenvalue weighted by Gasteiger charge is 2.41. The van der Waals surface area contributed by atoms with Crippen molar-refractivity contribution in [3.05, 3.63) is 29.8 Å². The Hall–Kier alpha value is -2.06. The normalized spacial score (nSPS) is 24.9. The van der Waals surface area contributed by atoms with Crippen molar-refractivity contribution in [1.29, 1.82) is 5.26 Å². The Balaban J connectivity index is 1.64. The molecule has 2 aliphatic rings. The molecule has 1 aromatic rings. The standard InChI is InChI=1S/C15H18N4O/c16-9-12-2-1-3-13(8-12)18-14(20)19-7-5-15(11-19)4-6-17-10-15/h1-3,8,17H,4-7,10-11H2,(H,18,20). The van der Waals surface area contributed by atoms with E-state index in [1.54, 1.807) is 18.2 Å². The molecule has 3 rings (SSSR count). The van der Waals surface area contributed by atoms with Gasteiger partial charge >= 0.3 is 6.03 Å². The molecule has 0 bridgehead atoms. The van der Waals surface area contributed by atoms with Crippen LogP contribution in [0.4, 0.5) is 10.5 Å². The predicted octanol–water partition coefficient (Wildman–Crippen LogP) is 1.78. The number of amides is 2. The minimum absolute atomic E-state index is 0.0659. The number of nitrogens with zero attached hydrogens (tertiary/aromatic N) is 2. The van der Waals surface area contributed by atoms with Crippen LogP contribution in [0.3, 0.4) is 0 Å². The second-order valence-corrected chi connectivity index (χ2v) is 5.72. The molecule has 1 aromatic carbocycles. The number of nitriles is 1. The largest absolute Gasteiger partial charge is 0.324 e. The first-order valence-electron chi connectivity index (χ1n) is 6.98. The Morgan fingerprint density at radius 1 is 1.45 bits per heavy atom. The highest BCUT2D eigenvalue weighted by molar-refractivity contribution is 5.89. The lowest BCUT2D eigenvalue weighted by Gasteiger charge is -2.23. The van der Waals surface area contributed by atoms with Gasteiger partial charge in [-0.2, -0.15) is 5.26 Å². The summed E-state index contributed by atoms with van der Waals surface area (Å²) in [4.78, 5) is 14.1. The summed E-state index contributed by atoms with van der Waals surface area (Å²) in [6, 6.07) is 9.02. The van der Waals surface area contributed by atoms with Crippen LogP contribution >= 0.6 is 0 Å². The van der Waals surface area contributed by atoms with E-state index in [9.17, 15) is 4.79 Å². The molecule has 1 unspecified atom stereocenters. The third kappa shape index (κ3) is 2.47. The first kappa shape index (κ1) is 12.9. The predicted molar refractivity (Wildman–Crippen MR) is 76.3 cm³/mol. The zero-order chi connectivity index (χ0) is 14.0. The number of benzene rings is 1. The van der Waals surface area contributed by atoms with E-state index in [1.807, 2.05) is 11.0 Å². The van der Waals surface area contributed by atoms with Gasteiger partial charge in [0.25, 0.3) is 0 Å². The smallest absolute Gasteiger partial charge is 0.321 e. The van der Waals surface area contributed by atoms with E-state index >= 15 is 0 Å². The summed E-state index contributed by atoms with van der Waals surface area (Å²) in [6.45, 7) is 3.70. The monoisotopic (exact) mass is 270 g/mol. The molecular formula is C15H18N4O. The fourth-order valence-electron chi connectivity index (χ4n) is 3.12. The maximum absolute atomic E-state index is 12.3. The van der Waals surface area contributed by atoms with E-state index < -0.39 is 0 Å². The SMILES string of the molecule is N#Cc1cccc(NC(=O)N2CCC3(CCNC3)C2)c1. The van der Waals surface area contributed by atoms with Crippen LogP contribution in [0.2, 0.25) is 0 Å². The molecular weight excluding hydrogens is 252 g/mol. The van der Waals surface area contributed by atoms with E-state index in [0.29, 0.717) is 11.3 Å². The molecule has 0 aromatic heterocycles. The zero-order valence-corrected chi connectivity index (χ0v) is 11.4. The van der Waals surface area contributed by atoms with Crippen molar-refractivity contribution >= 4 is 11.7 Å². The number of hydrogen-bond donors (Lipinski definition) is 2. The number of carbonyl (C=O) groups is 1. The Morgan fingerprint density at radius 2 is 2.35 bits per heavy atom. The molecule has 0 aliphatic carbocycles. The van der Waals surface area contributed by atoms with Gasteiger partial charge < -0.3 is 15.5 Å². The third-order valence-electron chi connectivity index (χ3n) is 4.30. The lowest BCUT2D eigenvalue weighted by atomic mass is 9.87. The van der Waals surface area contributed by atoms with Crippen LogP contribution < -0.4 is 10.6 Å². The minimum Gasteiger partial charge on any atom is -0.324 e. The van der Waals surface area contributed by atoms with Gasteiger partial charge in [0.05, 0.1) is 11.6 Å². The summed E-state index contributed by atoms with van der Waals surface area (Å²) >= 11 is 0. The van der Waals surface area contributed by atoms with Crippen LogP contribution in [-0.4, -0.2) is 37.1 Å². The number of carbonyl (C=O) groups excluding carboxylic acids is 1. The van der Waals surface area contributed by atoms with Gasteiger partial charge in [-0.15, -0.1) is 0 Å². The third-order valence-corrected chi connectivity index (χ3v) is 4.30. The van der Waals surface area contributed by atoms with Crippen LogP contribution in [0, 0.1) is 16.7 Å². The van der Waals surface area contributed by atoms with Gasteiger partial charge in [-0.25, -0.2) is 4.79 Å². The fourth-order valence-corrected chi connectivity index (χ4v) is 3.12. The van der Waals surface area contributed by atoms with E-state index in [1.165, 1.54) is 0 Å². The van der Waals surface area contributed by atoms with E-state index in [2.05, 4.69) is 16.7 Å². The van der Waals surface area contributed by atoms with Crippen LogP contribution in [0.15, 0.2) is 24.3 Å². The molecule has 2 saturated heterocycles. The number of urea groups is 1. The molecule has 0 saturated carbocycles. The van der Waals surface area contributed by atoms with Crippen LogP contribution in [0.5, 0.6) is 0 Å². The van der Waals surface area contributed by atoms with Crippen molar-refractivity contribution in [2.75, 3.05) is 31.5 Å². The summed E-state index contributed by atoms with van der Waals surface area (Å²) in [5.41, 5.74) is 1.52. The van der Waals surface area contributed by atoms with Crippen LogP contribution in [0.1, 0.15) is 18.4 Å². The van der Waals surface area contributed by atoms with Gasteiger partial charge in [0.1, 0.15) is 0 Å². The molecule has 0 radical (unpaired) electrons. The minimum atomic E-state index is -0.0659. The van der Waals surface area contributed by atoms with Gasteiger partial charge in [0.15, 0.2) is 0 Å². The molecule has 2 aliphatic heterocycles. The number of rotatable bonds is 1. The maximum Gasteiger partial charge on any atom is 0.321 e. The Morgan fingerprint density at radius 3 is 3.10 bits per heavy atom. The van der Waals surface area contributed by atoms with Crippen LogP contribution in [-0.2, 0) is 0 Å². The number of likely N-dealkylation sites (tertiary alicyclic amines) is 1. The average Bonchev–Trinajstić information content (AvgIpc) is 3.10. The molecule has 5 nitrogen and oxygen atoms in total. The molecule has 2 amide bonds. The molecule has 1 spiro atoms. The maximum atomic E-state index is 12.3. The topological polar surface area (TPSA) is 68.2 Å². The van der Waals surface area contributed by atoms with Gasteiger partial charge in [-0.3, -0.25) is 0 Å². The van der Waals surface area contributed by atoms with Gasteiger partial charge in [0.2, 0.25) is 0 Å². The van der Waals surface area contributed by atoms with Gasteiger partial charge in [-0.1, -0.05) is 6.07 Å². The molecule has 104 valence electrons. The summed E-state index contributed by atoms with van der Waals surface area (Å²) in [5, 5.41) is 15.1. The molecule has 20 heavy (non-hydrogen) atoms. The highest BCUT2D eigenvalue weighted by Crippen LogP contribution is 2.36. The van der Waals surface area contributed by atoms with E-state index in [0.717, 1.165) is 39.0 Å². The molecule has 2 fully saturated rings. The Bertz CT molecular complexity index is 557. The first-order chi connectivity index (χ1) is 9.71. The summed E-state index contributed by atoms with van der Waals surface area (Å²) in [6.07, 6.45) is 2.23. The van der Waals surface area contributed by atoms with Crippen molar-refractivity contribution in [3.63, 3.8) is 0 Å². The van der Waals surface area contributed by atoms with Crippen molar-refractivity contribution < 1.29 is 4.79 Å². The van der Waals surface area contributed by atoms with Crippen molar-refractivity contribution in [2.45, 2.75) is 12.8 Å². The van der Waals surface area contributed by atoms with E-state index in [-0.39, 0.29) is 11.4 Å². The molecule has 5 heteroatoms. The summed E-state index contributed by atoms with van der Waals surface area (Å²) in [7, 11) is 0. The summed E-state index contributed by atoms with van der Waals surface area (Å²) < 4.78 is 0. The lowest BCUT2D eigenvalue weighted by Crippen LogP contribution is -2.36. The number of anilines is 1. The molecule has 1 atom stereocenters. The number of nitrogens with one attached hydrogen (secondary N) is 2. The molecule has 2 heterocycles. The van der Waals surface area contributed by atoms with Crippen molar-refractivity contribution in [2.24, 2.45) is 5.41 Å². The lowest BCUT2D eigenvalue weighted by molar-refractivity contribution is 0.215. The number of hydrogen-bond acceptors (Lipinski definition) is 3. The van der Waals surface area contributed by atoms with Crippen molar-refractivity contribution in [3.8, 4) is 6.07 Å². The summed E-state index contributed by atoms with van der Waals surface area (Å²) in [5.74, 6) is 0.